The molecule has 1 unspecified atom stereocenters. The third-order valence-electron chi connectivity index (χ3n) is 3.50. The number of methoxy groups -OCH3 is 1. The Kier molecular flexibility index (Phi) is 7.50. The van der Waals surface area contributed by atoms with E-state index in [-0.39, 0.29) is 11.3 Å². The maximum Gasteiger partial charge on any atom is 0.328 e. The summed E-state index contributed by atoms with van der Waals surface area (Å²) in [4.78, 5) is 24.6. The van der Waals surface area contributed by atoms with E-state index in [2.05, 4.69) is 17.2 Å². The van der Waals surface area contributed by atoms with E-state index in [4.69, 9.17) is 10.5 Å². The zero-order valence-corrected chi connectivity index (χ0v) is 15.7. The van der Waals surface area contributed by atoms with Crippen LogP contribution in [0.2, 0.25) is 0 Å². The van der Waals surface area contributed by atoms with Crippen molar-refractivity contribution in [3.05, 3.63) is 29.3 Å². The van der Waals surface area contributed by atoms with Crippen LogP contribution in [0.15, 0.2) is 18.2 Å². The number of ether oxygens (including phenoxy) is 1. The normalized spacial score (nSPS) is 11.9. The van der Waals surface area contributed by atoms with Gasteiger partial charge in [-0.15, -0.1) is 0 Å². The lowest BCUT2D eigenvalue weighted by Gasteiger charge is -2.17. The quantitative estimate of drug-likeness (QED) is 0.472. The molecule has 1 aromatic carbocycles. The highest BCUT2D eigenvalue weighted by Crippen LogP contribution is 2.16. The molecular formula is C20H28N2O3. The fraction of sp³-hybridized carbons (Fsp3) is 0.500. The average Bonchev–Trinajstić information content (AvgIpc) is 2.55. The van der Waals surface area contributed by atoms with Crippen LogP contribution >= 0.6 is 0 Å². The summed E-state index contributed by atoms with van der Waals surface area (Å²) in [6.07, 6.45) is 2.28. The van der Waals surface area contributed by atoms with E-state index < -0.39 is 12.0 Å². The second kappa shape index (κ2) is 9.12. The summed E-state index contributed by atoms with van der Waals surface area (Å²) in [7, 11) is 1.32. The predicted molar refractivity (Wildman–Crippen MR) is 100.0 cm³/mol. The lowest BCUT2D eigenvalue weighted by atomic mass is 9.96. The second-order valence-electron chi connectivity index (χ2n) is 7.00. The van der Waals surface area contributed by atoms with Gasteiger partial charge in [-0.25, -0.2) is 4.79 Å². The Morgan fingerprint density at radius 1 is 1.32 bits per heavy atom. The van der Waals surface area contributed by atoms with Gasteiger partial charge < -0.3 is 15.8 Å². The summed E-state index contributed by atoms with van der Waals surface area (Å²) < 4.78 is 4.79. The minimum absolute atomic E-state index is 0.200. The van der Waals surface area contributed by atoms with Gasteiger partial charge in [0.05, 0.1) is 12.7 Å². The van der Waals surface area contributed by atoms with Crippen LogP contribution in [0.5, 0.6) is 0 Å². The molecule has 136 valence electrons. The van der Waals surface area contributed by atoms with Gasteiger partial charge >= 0.3 is 5.97 Å². The number of carbonyl (C=O) groups is 2. The van der Waals surface area contributed by atoms with Crippen LogP contribution < -0.4 is 11.1 Å². The molecule has 3 N–H and O–H groups in total. The van der Waals surface area contributed by atoms with Crippen molar-refractivity contribution in [3.8, 4) is 11.8 Å². The van der Waals surface area contributed by atoms with Crippen molar-refractivity contribution in [2.24, 2.45) is 5.41 Å². The van der Waals surface area contributed by atoms with Crippen LogP contribution in [-0.4, -0.2) is 25.0 Å². The van der Waals surface area contributed by atoms with Crippen molar-refractivity contribution in [3.63, 3.8) is 0 Å². The number of anilines is 1. The smallest absolute Gasteiger partial charge is 0.328 e. The Labute approximate surface area is 150 Å². The molecule has 0 bridgehead atoms. The highest BCUT2D eigenvalue weighted by atomic mass is 16.5. The first-order chi connectivity index (χ1) is 11.7. The van der Waals surface area contributed by atoms with E-state index in [0.717, 1.165) is 12.8 Å². The lowest BCUT2D eigenvalue weighted by Crippen LogP contribution is -2.41. The molecule has 0 aromatic heterocycles. The zero-order valence-electron chi connectivity index (χ0n) is 15.7. The number of hydrogen-bond donors (Lipinski definition) is 2. The second-order valence-corrected chi connectivity index (χ2v) is 7.00. The summed E-state index contributed by atoms with van der Waals surface area (Å²) in [5, 5.41) is 2.75. The van der Waals surface area contributed by atoms with E-state index in [1.165, 1.54) is 7.11 Å². The van der Waals surface area contributed by atoms with E-state index in [1.54, 1.807) is 18.2 Å². The molecular weight excluding hydrogens is 316 g/mol. The highest BCUT2D eigenvalue weighted by molar-refractivity contribution is 5.99. The standard InChI is InChI=1S/C20H28N2O3/c1-6-7-8-17(19(24)25-5)22-18(23)16-10-9-15(21)13-14(16)11-12-20(2,3)4/h9-10,13,17H,6-8,21H2,1-5H3,(H,22,23). The number of amides is 1. The Morgan fingerprint density at radius 3 is 2.56 bits per heavy atom. The number of benzene rings is 1. The van der Waals surface area contributed by atoms with Crippen molar-refractivity contribution in [2.45, 2.75) is 53.0 Å². The molecule has 0 fully saturated rings. The molecule has 0 heterocycles. The first kappa shape index (κ1) is 20.6. The minimum Gasteiger partial charge on any atom is -0.467 e. The van der Waals surface area contributed by atoms with Crippen molar-refractivity contribution in [2.75, 3.05) is 12.8 Å². The summed E-state index contributed by atoms with van der Waals surface area (Å²) in [5.41, 5.74) is 7.11. The fourth-order valence-corrected chi connectivity index (χ4v) is 2.15. The molecule has 1 aromatic rings. The van der Waals surface area contributed by atoms with Crippen molar-refractivity contribution in [1.29, 1.82) is 0 Å². The van der Waals surface area contributed by atoms with Gasteiger partial charge in [0.25, 0.3) is 5.91 Å². The molecule has 0 saturated carbocycles. The molecule has 1 rings (SSSR count). The van der Waals surface area contributed by atoms with Gasteiger partial charge in [-0.1, -0.05) is 31.6 Å². The number of nitrogen functional groups attached to an aromatic ring is 1. The van der Waals surface area contributed by atoms with Crippen LogP contribution in [0.25, 0.3) is 0 Å². The number of esters is 1. The molecule has 0 spiro atoms. The van der Waals surface area contributed by atoms with Gasteiger partial charge in [-0.2, -0.15) is 0 Å². The van der Waals surface area contributed by atoms with E-state index in [1.807, 2.05) is 27.7 Å². The number of nitrogens with one attached hydrogen (secondary N) is 1. The van der Waals surface area contributed by atoms with Crippen LogP contribution in [0.3, 0.4) is 0 Å². The maximum absolute atomic E-state index is 12.7. The van der Waals surface area contributed by atoms with E-state index in [0.29, 0.717) is 23.2 Å². The van der Waals surface area contributed by atoms with Crippen LogP contribution in [-0.2, 0) is 9.53 Å². The summed E-state index contributed by atoms with van der Waals surface area (Å²) in [6.45, 7) is 7.99. The average molecular weight is 344 g/mol. The molecule has 0 aliphatic carbocycles. The van der Waals surface area contributed by atoms with Crippen molar-refractivity contribution < 1.29 is 14.3 Å². The monoisotopic (exact) mass is 344 g/mol. The fourth-order valence-electron chi connectivity index (χ4n) is 2.15. The Morgan fingerprint density at radius 2 is 2.00 bits per heavy atom. The topological polar surface area (TPSA) is 81.4 Å². The van der Waals surface area contributed by atoms with E-state index in [9.17, 15) is 9.59 Å². The summed E-state index contributed by atoms with van der Waals surface area (Å²) in [5.74, 6) is 5.33. The van der Waals surface area contributed by atoms with Gasteiger partial charge in [0.15, 0.2) is 0 Å². The first-order valence-corrected chi connectivity index (χ1v) is 8.49. The zero-order chi connectivity index (χ0) is 19.0. The Balaban J connectivity index is 3.10. The van der Waals surface area contributed by atoms with Crippen molar-refractivity contribution >= 4 is 17.6 Å². The highest BCUT2D eigenvalue weighted by Gasteiger charge is 2.22. The molecule has 25 heavy (non-hydrogen) atoms. The molecule has 5 heteroatoms. The lowest BCUT2D eigenvalue weighted by molar-refractivity contribution is -0.143. The Bertz CT molecular complexity index is 678. The minimum atomic E-state index is -0.668. The molecule has 0 saturated heterocycles. The number of carbonyl (C=O) groups excluding carboxylic acids is 2. The first-order valence-electron chi connectivity index (χ1n) is 8.49. The maximum atomic E-state index is 12.7. The molecule has 5 nitrogen and oxygen atoms in total. The van der Waals surface area contributed by atoms with E-state index >= 15 is 0 Å². The van der Waals surface area contributed by atoms with Crippen molar-refractivity contribution in [1.82, 2.24) is 5.32 Å². The molecule has 0 aliphatic heterocycles. The Hall–Kier alpha value is -2.48. The molecule has 1 atom stereocenters. The third-order valence-corrected chi connectivity index (χ3v) is 3.50. The van der Waals surface area contributed by atoms with Gasteiger partial charge in [0.1, 0.15) is 6.04 Å². The van der Waals surface area contributed by atoms with Gasteiger partial charge in [0.2, 0.25) is 0 Å². The SMILES string of the molecule is CCCCC(NC(=O)c1ccc(N)cc1C#CC(C)(C)C)C(=O)OC. The van der Waals surface area contributed by atoms with Gasteiger partial charge in [-0.05, 0) is 45.4 Å². The molecule has 0 radical (unpaired) electrons. The third kappa shape index (κ3) is 6.88. The number of rotatable bonds is 6. The van der Waals surface area contributed by atoms with Crippen LogP contribution in [0.4, 0.5) is 5.69 Å². The summed E-state index contributed by atoms with van der Waals surface area (Å²) in [6, 6.07) is 4.28. The van der Waals surface area contributed by atoms with Gasteiger partial charge in [-0.3, -0.25) is 4.79 Å². The molecule has 0 aliphatic rings. The predicted octanol–water partition coefficient (Wildman–Crippen LogP) is 3.13. The number of unbranched alkanes of at least 4 members (excludes halogenated alkanes) is 1. The van der Waals surface area contributed by atoms with Crippen LogP contribution in [0.1, 0.15) is 62.9 Å². The largest absolute Gasteiger partial charge is 0.467 e. The summed E-state index contributed by atoms with van der Waals surface area (Å²) >= 11 is 0. The van der Waals surface area contributed by atoms with Crippen LogP contribution in [0, 0.1) is 17.3 Å². The number of hydrogen-bond acceptors (Lipinski definition) is 4. The number of nitrogens with two attached hydrogens (primary N) is 1. The molecule has 1 amide bonds. The van der Waals surface area contributed by atoms with Gasteiger partial charge in [0, 0.05) is 16.7 Å².